The monoisotopic (exact) mass is 281 g/mol. The van der Waals surface area contributed by atoms with Crippen molar-refractivity contribution in [3.63, 3.8) is 0 Å². The van der Waals surface area contributed by atoms with Crippen molar-refractivity contribution in [2.24, 2.45) is 10.9 Å². The summed E-state index contributed by atoms with van der Waals surface area (Å²) in [6.07, 6.45) is 1.72. The van der Waals surface area contributed by atoms with Crippen molar-refractivity contribution < 1.29 is 9.18 Å². The summed E-state index contributed by atoms with van der Waals surface area (Å²) < 4.78 is 13.0. The second-order valence-electron chi connectivity index (χ2n) is 5.53. The van der Waals surface area contributed by atoms with E-state index in [0.29, 0.717) is 5.56 Å². The Hall–Kier alpha value is -2.29. The average molecular weight is 281 g/mol. The molecule has 0 fully saturated rings. The Balaban J connectivity index is 1.93. The Labute approximate surface area is 123 Å². The van der Waals surface area contributed by atoms with E-state index in [9.17, 15) is 9.18 Å². The fourth-order valence-electron chi connectivity index (χ4n) is 2.74. The van der Waals surface area contributed by atoms with E-state index in [4.69, 9.17) is 0 Å². The topological polar surface area (TPSA) is 29.4 Å². The van der Waals surface area contributed by atoms with E-state index in [2.05, 4.69) is 4.99 Å². The molecule has 106 valence electrons. The second-order valence-corrected chi connectivity index (χ2v) is 5.53. The van der Waals surface area contributed by atoms with Gasteiger partial charge in [0.25, 0.3) is 0 Å². The Bertz CT molecular complexity index is 718. The van der Waals surface area contributed by atoms with Gasteiger partial charge in [0.05, 0.1) is 11.6 Å². The molecule has 0 N–H and O–H groups in total. The highest BCUT2D eigenvalue weighted by Crippen LogP contribution is 2.37. The van der Waals surface area contributed by atoms with Gasteiger partial charge < -0.3 is 0 Å². The lowest BCUT2D eigenvalue weighted by Crippen LogP contribution is -2.24. The number of Topliss-reactive ketones (excluding diaryl/α,β-unsaturated/α-hetero) is 1. The highest BCUT2D eigenvalue weighted by molar-refractivity contribution is 6.08. The number of halogens is 1. The van der Waals surface area contributed by atoms with Gasteiger partial charge in [-0.15, -0.1) is 0 Å². The maximum absolute atomic E-state index is 13.0. The Morgan fingerprint density at radius 2 is 1.86 bits per heavy atom. The fraction of sp³-hybridized carbons (Fsp3) is 0.222. The summed E-state index contributed by atoms with van der Waals surface area (Å²) in [6, 6.07) is 11.8. The summed E-state index contributed by atoms with van der Waals surface area (Å²) >= 11 is 0. The molecule has 0 aromatic heterocycles. The molecular weight excluding hydrogens is 265 g/mol. The molecule has 2 aromatic rings. The van der Waals surface area contributed by atoms with Gasteiger partial charge in [-0.2, -0.15) is 0 Å². The van der Waals surface area contributed by atoms with Gasteiger partial charge in [0.2, 0.25) is 0 Å². The third-order valence-corrected chi connectivity index (χ3v) is 4.02. The molecule has 0 saturated carbocycles. The van der Waals surface area contributed by atoms with Crippen molar-refractivity contribution in [3.05, 3.63) is 65.0 Å². The summed E-state index contributed by atoms with van der Waals surface area (Å²) in [6.45, 7) is 4.06. The van der Waals surface area contributed by atoms with Crippen molar-refractivity contribution >= 4 is 17.7 Å². The van der Waals surface area contributed by atoms with E-state index in [1.807, 2.05) is 32.0 Å². The highest BCUT2D eigenvalue weighted by Gasteiger charge is 2.29. The predicted molar refractivity (Wildman–Crippen MR) is 82.0 cm³/mol. The maximum Gasteiger partial charge on any atom is 0.171 e. The highest BCUT2D eigenvalue weighted by atomic mass is 19.1. The first-order valence-corrected chi connectivity index (χ1v) is 7.01. The Morgan fingerprint density at radius 3 is 2.57 bits per heavy atom. The molecule has 21 heavy (non-hydrogen) atoms. The lowest BCUT2D eigenvalue weighted by atomic mass is 9.80. The minimum Gasteiger partial charge on any atom is -0.293 e. The number of hydrogen-bond acceptors (Lipinski definition) is 2. The third kappa shape index (κ3) is 2.51. The molecule has 3 rings (SSSR count). The summed E-state index contributed by atoms with van der Waals surface area (Å²) in [4.78, 5) is 17.0. The molecule has 0 aliphatic carbocycles. The van der Waals surface area contributed by atoms with Crippen LogP contribution in [-0.2, 0) is 0 Å². The van der Waals surface area contributed by atoms with Crippen LogP contribution in [0, 0.1) is 18.7 Å². The number of aryl methyl sites for hydroxylation is 1. The first kappa shape index (κ1) is 13.7. The molecule has 2 atom stereocenters. The molecule has 2 unspecified atom stereocenters. The Morgan fingerprint density at radius 1 is 1.14 bits per heavy atom. The van der Waals surface area contributed by atoms with E-state index in [-0.39, 0.29) is 23.4 Å². The summed E-state index contributed by atoms with van der Waals surface area (Å²) in [5.74, 6) is -0.587. The predicted octanol–water partition coefficient (Wildman–Crippen LogP) is 4.45. The smallest absolute Gasteiger partial charge is 0.171 e. The maximum atomic E-state index is 13.0. The number of benzene rings is 2. The van der Waals surface area contributed by atoms with Gasteiger partial charge in [0.15, 0.2) is 5.78 Å². The second kappa shape index (κ2) is 5.24. The van der Waals surface area contributed by atoms with E-state index in [1.54, 1.807) is 6.21 Å². The van der Waals surface area contributed by atoms with Gasteiger partial charge in [0.1, 0.15) is 5.82 Å². The molecule has 0 spiro atoms. The zero-order valence-electron chi connectivity index (χ0n) is 12.0. The van der Waals surface area contributed by atoms with Crippen molar-refractivity contribution in [3.8, 4) is 0 Å². The van der Waals surface area contributed by atoms with E-state index in [1.165, 1.54) is 24.3 Å². The van der Waals surface area contributed by atoms with Crippen LogP contribution < -0.4 is 0 Å². The normalized spacial score (nSPS) is 20.1. The summed E-state index contributed by atoms with van der Waals surface area (Å²) in [7, 11) is 0. The molecule has 2 aromatic carbocycles. The minimum absolute atomic E-state index is 0.0162. The molecular formula is C18H16FNO. The molecule has 0 saturated heterocycles. The molecule has 2 nitrogen and oxygen atoms in total. The number of aliphatic imine (C=N–C) groups is 1. The number of rotatable bonds is 2. The van der Waals surface area contributed by atoms with Crippen LogP contribution in [0.5, 0.6) is 0 Å². The van der Waals surface area contributed by atoms with Crippen molar-refractivity contribution in [1.82, 2.24) is 0 Å². The molecule has 0 bridgehead atoms. The SMILES string of the molecule is Cc1ccc2c(c1)N=CC(C(=O)c1ccc(F)cc1)C2C. The van der Waals surface area contributed by atoms with Crippen LogP contribution in [0.15, 0.2) is 47.5 Å². The van der Waals surface area contributed by atoms with Crippen LogP contribution in [0.25, 0.3) is 0 Å². The van der Waals surface area contributed by atoms with E-state index < -0.39 is 0 Å². The van der Waals surface area contributed by atoms with Crippen LogP contribution in [0.3, 0.4) is 0 Å². The number of ketones is 1. The number of fused-ring (bicyclic) bond motifs is 1. The first-order valence-electron chi connectivity index (χ1n) is 7.01. The largest absolute Gasteiger partial charge is 0.293 e. The van der Waals surface area contributed by atoms with Gasteiger partial charge in [-0.05, 0) is 54.3 Å². The molecule has 1 aliphatic rings. The van der Waals surface area contributed by atoms with Crippen molar-refractivity contribution in [2.75, 3.05) is 0 Å². The quantitative estimate of drug-likeness (QED) is 0.748. The van der Waals surface area contributed by atoms with Crippen molar-refractivity contribution in [2.45, 2.75) is 19.8 Å². The van der Waals surface area contributed by atoms with E-state index >= 15 is 0 Å². The van der Waals surface area contributed by atoms with Gasteiger partial charge in [0, 0.05) is 11.8 Å². The van der Waals surface area contributed by atoms with E-state index in [0.717, 1.165) is 16.8 Å². The van der Waals surface area contributed by atoms with Crippen LogP contribution in [-0.4, -0.2) is 12.0 Å². The van der Waals surface area contributed by atoms with Gasteiger partial charge in [-0.1, -0.05) is 19.1 Å². The zero-order valence-corrected chi connectivity index (χ0v) is 12.0. The number of hydrogen-bond donors (Lipinski definition) is 0. The van der Waals surface area contributed by atoms with Crippen molar-refractivity contribution in [1.29, 1.82) is 0 Å². The molecule has 0 radical (unpaired) electrons. The van der Waals surface area contributed by atoms with Crippen LogP contribution in [0.4, 0.5) is 10.1 Å². The fourth-order valence-corrected chi connectivity index (χ4v) is 2.74. The average Bonchev–Trinajstić information content (AvgIpc) is 2.47. The summed E-state index contributed by atoms with van der Waals surface area (Å²) in [5.41, 5.74) is 3.70. The van der Waals surface area contributed by atoms with Crippen LogP contribution in [0.2, 0.25) is 0 Å². The van der Waals surface area contributed by atoms with Gasteiger partial charge in [-0.3, -0.25) is 9.79 Å². The number of carbonyl (C=O) groups is 1. The van der Waals surface area contributed by atoms with Gasteiger partial charge in [-0.25, -0.2) is 4.39 Å². The standard InChI is InChI=1S/C18H16FNO/c1-11-3-8-15-12(2)16(10-20-17(15)9-11)18(21)13-4-6-14(19)7-5-13/h3-10,12,16H,1-2H3. The third-order valence-electron chi connectivity index (χ3n) is 4.02. The molecule has 1 aliphatic heterocycles. The molecule has 1 heterocycles. The van der Waals surface area contributed by atoms with Crippen LogP contribution in [0.1, 0.15) is 34.3 Å². The summed E-state index contributed by atoms with van der Waals surface area (Å²) in [5, 5.41) is 0. The number of carbonyl (C=O) groups excluding carboxylic acids is 1. The first-order chi connectivity index (χ1) is 10.1. The van der Waals surface area contributed by atoms with Crippen LogP contribution >= 0.6 is 0 Å². The zero-order chi connectivity index (χ0) is 15.0. The minimum atomic E-state index is -0.335. The lowest BCUT2D eigenvalue weighted by Gasteiger charge is -2.25. The molecule has 3 heteroatoms. The Kier molecular flexibility index (Phi) is 3.42. The van der Waals surface area contributed by atoms with Gasteiger partial charge >= 0.3 is 0 Å². The lowest BCUT2D eigenvalue weighted by molar-refractivity contribution is 0.0945. The molecule has 0 amide bonds. The number of nitrogens with zero attached hydrogens (tertiary/aromatic N) is 1.